The number of hydrogen-bond acceptors (Lipinski definition) is 4. The normalized spacial score (nSPS) is 23.4. The van der Waals surface area contributed by atoms with Crippen LogP contribution in [0.4, 0.5) is 4.79 Å². The molecule has 1 atom stereocenters. The van der Waals surface area contributed by atoms with Crippen molar-refractivity contribution in [1.82, 2.24) is 4.90 Å². The second kappa shape index (κ2) is 6.33. The number of ether oxygens (including phenoxy) is 2. The lowest BCUT2D eigenvalue weighted by Crippen LogP contribution is -2.37. The van der Waals surface area contributed by atoms with Crippen LogP contribution in [0.15, 0.2) is 28.9 Å². The fourth-order valence-corrected chi connectivity index (χ4v) is 2.40. The van der Waals surface area contributed by atoms with Gasteiger partial charge in [0.1, 0.15) is 6.61 Å². The molecule has 116 valence electrons. The van der Waals surface area contributed by atoms with Crippen molar-refractivity contribution in [3.63, 3.8) is 0 Å². The average molecular weight is 292 g/mol. The number of unbranched alkanes of at least 4 members (excludes halogenated alkanes) is 1. The molecule has 0 aromatic heterocycles. The Morgan fingerprint density at radius 3 is 2.90 bits per heavy atom. The molecule has 0 N–H and O–H groups in total. The van der Waals surface area contributed by atoms with Crippen LogP contribution in [-0.2, 0) is 9.47 Å². The summed E-state index contributed by atoms with van der Waals surface area (Å²) in [4.78, 5) is 18.1. The number of rotatable bonds is 4. The fourth-order valence-electron chi connectivity index (χ4n) is 2.40. The van der Waals surface area contributed by atoms with Gasteiger partial charge in [0.05, 0.1) is 24.3 Å². The van der Waals surface area contributed by atoms with Crippen molar-refractivity contribution in [2.24, 2.45) is 4.99 Å². The van der Waals surface area contributed by atoms with Crippen molar-refractivity contribution in [2.45, 2.75) is 51.6 Å². The number of carbonyl (C=O) groups is 1. The van der Waals surface area contributed by atoms with Gasteiger partial charge in [-0.15, -0.1) is 0 Å². The van der Waals surface area contributed by atoms with Crippen LogP contribution in [0.3, 0.4) is 0 Å². The molecule has 2 heterocycles. The summed E-state index contributed by atoms with van der Waals surface area (Å²) in [5.41, 5.74) is 0.609. The molecule has 2 aliphatic heterocycles. The van der Waals surface area contributed by atoms with E-state index in [1.807, 2.05) is 26.0 Å². The topological polar surface area (TPSA) is 51.1 Å². The van der Waals surface area contributed by atoms with Crippen LogP contribution in [-0.4, -0.2) is 42.2 Å². The van der Waals surface area contributed by atoms with Crippen LogP contribution in [0, 0.1) is 0 Å². The largest absolute Gasteiger partial charge is 0.475 e. The average Bonchev–Trinajstić information content (AvgIpc) is 2.84. The summed E-state index contributed by atoms with van der Waals surface area (Å²) < 4.78 is 10.5. The summed E-state index contributed by atoms with van der Waals surface area (Å²) in [6.07, 6.45) is 8.53. The molecule has 2 aliphatic rings. The Bertz CT molecular complexity index is 492. The third-order valence-corrected chi connectivity index (χ3v) is 3.59. The highest BCUT2D eigenvalue weighted by Crippen LogP contribution is 2.25. The molecular formula is C16H24N2O3. The van der Waals surface area contributed by atoms with Crippen LogP contribution in [0.25, 0.3) is 0 Å². The van der Waals surface area contributed by atoms with Gasteiger partial charge in [0.2, 0.25) is 5.90 Å². The van der Waals surface area contributed by atoms with Crippen molar-refractivity contribution in [3.05, 3.63) is 23.9 Å². The van der Waals surface area contributed by atoms with Crippen molar-refractivity contribution in [1.29, 1.82) is 0 Å². The highest BCUT2D eigenvalue weighted by atomic mass is 16.5. The summed E-state index contributed by atoms with van der Waals surface area (Å²) in [6.45, 7) is 6.74. The van der Waals surface area contributed by atoms with Crippen molar-refractivity contribution in [3.8, 4) is 0 Å². The molecule has 0 spiro atoms. The first-order valence-corrected chi connectivity index (χ1v) is 7.46. The molecule has 0 fully saturated rings. The first kappa shape index (κ1) is 15.6. The molecule has 2 rings (SSSR count). The Labute approximate surface area is 126 Å². The highest BCUT2D eigenvalue weighted by Gasteiger charge is 2.30. The Morgan fingerprint density at radius 2 is 2.33 bits per heavy atom. The molecule has 1 unspecified atom stereocenters. The molecule has 0 aliphatic carbocycles. The number of hydrogen-bond donors (Lipinski definition) is 0. The Morgan fingerprint density at radius 1 is 1.57 bits per heavy atom. The van der Waals surface area contributed by atoms with Gasteiger partial charge < -0.3 is 9.47 Å². The standard InChI is InChI=1S/C16H24N2O3/c1-5-6-7-13-9-8-12(10-18(13)15(19)20-4)14-17-16(2,3)11-21-14/h8-10,13H,5-7,11H2,1-4H3. The van der Waals surface area contributed by atoms with Gasteiger partial charge in [-0.2, -0.15) is 0 Å². The first-order chi connectivity index (χ1) is 9.96. The van der Waals surface area contributed by atoms with Crippen LogP contribution >= 0.6 is 0 Å². The maximum atomic E-state index is 12.0. The quantitative estimate of drug-likeness (QED) is 0.799. The maximum absolute atomic E-state index is 12.0. The predicted molar refractivity (Wildman–Crippen MR) is 82.2 cm³/mol. The zero-order valence-electron chi connectivity index (χ0n) is 13.3. The van der Waals surface area contributed by atoms with E-state index in [4.69, 9.17) is 9.47 Å². The van der Waals surface area contributed by atoms with E-state index < -0.39 is 0 Å². The van der Waals surface area contributed by atoms with E-state index in [0.29, 0.717) is 12.5 Å². The van der Waals surface area contributed by atoms with Gasteiger partial charge in [-0.05, 0) is 20.3 Å². The first-order valence-electron chi connectivity index (χ1n) is 7.46. The zero-order valence-corrected chi connectivity index (χ0v) is 13.3. The minimum Gasteiger partial charge on any atom is -0.475 e. The summed E-state index contributed by atoms with van der Waals surface area (Å²) in [5, 5.41) is 0. The van der Waals surface area contributed by atoms with Gasteiger partial charge in [0.15, 0.2) is 0 Å². The monoisotopic (exact) mass is 292 g/mol. The lowest BCUT2D eigenvalue weighted by Gasteiger charge is -2.28. The van der Waals surface area contributed by atoms with Crippen LogP contribution in [0.2, 0.25) is 0 Å². The van der Waals surface area contributed by atoms with Crippen LogP contribution in [0.1, 0.15) is 40.0 Å². The van der Waals surface area contributed by atoms with E-state index in [0.717, 1.165) is 24.8 Å². The SMILES string of the molecule is CCCCC1C=CC(C2=NC(C)(C)CO2)=CN1C(=O)OC. The van der Waals surface area contributed by atoms with Crippen molar-refractivity contribution in [2.75, 3.05) is 13.7 Å². The second-order valence-electron chi connectivity index (χ2n) is 6.05. The third-order valence-electron chi connectivity index (χ3n) is 3.59. The lowest BCUT2D eigenvalue weighted by molar-refractivity contribution is 0.130. The molecule has 0 saturated heterocycles. The molecule has 1 amide bonds. The summed E-state index contributed by atoms with van der Waals surface area (Å²) in [6, 6.07) is 0.0381. The van der Waals surface area contributed by atoms with Crippen molar-refractivity contribution < 1.29 is 14.3 Å². The smallest absolute Gasteiger partial charge is 0.414 e. The Balaban J connectivity index is 2.19. The number of aliphatic imine (C=N–C) groups is 1. The molecule has 0 aromatic rings. The zero-order chi connectivity index (χ0) is 15.5. The minimum absolute atomic E-state index is 0.0381. The summed E-state index contributed by atoms with van der Waals surface area (Å²) in [5.74, 6) is 0.596. The van der Waals surface area contributed by atoms with Crippen LogP contribution in [0.5, 0.6) is 0 Å². The fraction of sp³-hybridized carbons (Fsp3) is 0.625. The van der Waals surface area contributed by atoms with Gasteiger partial charge in [-0.3, -0.25) is 4.90 Å². The van der Waals surface area contributed by atoms with Crippen molar-refractivity contribution >= 4 is 12.0 Å². The molecule has 0 radical (unpaired) electrons. The molecule has 0 bridgehead atoms. The van der Waals surface area contributed by atoms with E-state index in [9.17, 15) is 4.79 Å². The summed E-state index contributed by atoms with van der Waals surface area (Å²) in [7, 11) is 1.40. The molecule has 5 heteroatoms. The van der Waals surface area contributed by atoms with Gasteiger partial charge in [-0.25, -0.2) is 9.79 Å². The molecule has 21 heavy (non-hydrogen) atoms. The number of nitrogens with zero attached hydrogens (tertiary/aromatic N) is 2. The lowest BCUT2D eigenvalue weighted by atomic mass is 10.0. The van der Waals surface area contributed by atoms with Gasteiger partial charge >= 0.3 is 6.09 Å². The third kappa shape index (κ3) is 3.65. The minimum atomic E-state index is -0.351. The predicted octanol–water partition coefficient (Wildman–Crippen LogP) is 3.27. The van der Waals surface area contributed by atoms with Gasteiger partial charge in [0, 0.05) is 6.20 Å². The van der Waals surface area contributed by atoms with Gasteiger partial charge in [0.25, 0.3) is 0 Å². The molecule has 0 aromatic carbocycles. The number of amides is 1. The molecular weight excluding hydrogens is 268 g/mol. The van der Waals surface area contributed by atoms with E-state index in [1.165, 1.54) is 7.11 Å². The molecule has 5 nitrogen and oxygen atoms in total. The van der Waals surface area contributed by atoms with E-state index in [1.54, 1.807) is 11.1 Å². The maximum Gasteiger partial charge on any atom is 0.414 e. The van der Waals surface area contributed by atoms with E-state index in [-0.39, 0.29) is 17.7 Å². The summed E-state index contributed by atoms with van der Waals surface area (Å²) >= 11 is 0. The number of methoxy groups -OCH3 is 1. The Hall–Kier alpha value is -1.78. The second-order valence-corrected chi connectivity index (χ2v) is 6.05. The number of carbonyl (C=O) groups excluding carboxylic acids is 1. The van der Waals surface area contributed by atoms with Crippen LogP contribution < -0.4 is 0 Å². The van der Waals surface area contributed by atoms with E-state index >= 15 is 0 Å². The van der Waals surface area contributed by atoms with E-state index in [2.05, 4.69) is 11.9 Å². The van der Waals surface area contributed by atoms with Gasteiger partial charge in [-0.1, -0.05) is 31.9 Å². The molecule has 0 saturated carbocycles. The Kier molecular flexibility index (Phi) is 4.70. The highest BCUT2D eigenvalue weighted by molar-refractivity contribution is 5.98.